The maximum atomic E-state index is 9.61. The smallest absolute Gasteiger partial charge is 0.128 e. The van der Waals surface area contributed by atoms with E-state index in [0.29, 0.717) is 12.2 Å². The van der Waals surface area contributed by atoms with Crippen LogP contribution in [0.15, 0.2) is 18.3 Å². The van der Waals surface area contributed by atoms with E-state index in [4.69, 9.17) is 5.73 Å². The van der Waals surface area contributed by atoms with Crippen LogP contribution in [0.5, 0.6) is 0 Å². The molecule has 0 atom stereocenters. The van der Waals surface area contributed by atoms with E-state index in [1.54, 1.807) is 26.1 Å². The van der Waals surface area contributed by atoms with Crippen LogP contribution in [-0.2, 0) is 0 Å². The number of hydrogen-bond donors (Lipinski definition) is 2. The summed E-state index contributed by atoms with van der Waals surface area (Å²) in [4.78, 5) is 6.04. The minimum absolute atomic E-state index is 0.532. The maximum Gasteiger partial charge on any atom is 0.128 e. The van der Waals surface area contributed by atoms with Gasteiger partial charge < -0.3 is 15.7 Å². The topological polar surface area (TPSA) is 62.4 Å². The Hall–Kier alpha value is -1.29. The highest BCUT2D eigenvalue weighted by Gasteiger charge is 2.16. The molecule has 0 unspecified atom stereocenters. The number of nitrogens with two attached hydrogens (primary N) is 1. The van der Waals surface area contributed by atoms with Crippen molar-refractivity contribution in [3.8, 4) is 0 Å². The van der Waals surface area contributed by atoms with Crippen molar-refractivity contribution in [2.24, 2.45) is 0 Å². The molecule has 14 heavy (non-hydrogen) atoms. The summed E-state index contributed by atoms with van der Waals surface area (Å²) in [5, 5.41) is 9.61. The van der Waals surface area contributed by atoms with Crippen LogP contribution in [0.3, 0.4) is 0 Å². The lowest BCUT2D eigenvalue weighted by atomic mass is 10.1. The third-order valence-corrected chi connectivity index (χ3v) is 1.79. The number of nitrogen functional groups attached to an aromatic ring is 1. The van der Waals surface area contributed by atoms with Crippen molar-refractivity contribution in [1.29, 1.82) is 0 Å². The highest BCUT2D eigenvalue weighted by atomic mass is 16.3. The molecule has 0 fully saturated rings. The lowest BCUT2D eigenvalue weighted by Crippen LogP contribution is -2.36. The van der Waals surface area contributed by atoms with Gasteiger partial charge in [0.1, 0.15) is 5.82 Å². The number of rotatable bonds is 3. The predicted molar refractivity (Wildman–Crippen MR) is 58.2 cm³/mol. The summed E-state index contributed by atoms with van der Waals surface area (Å²) >= 11 is 0. The van der Waals surface area contributed by atoms with E-state index in [1.165, 1.54) is 0 Å². The first-order valence-corrected chi connectivity index (χ1v) is 4.53. The van der Waals surface area contributed by atoms with Gasteiger partial charge in [-0.2, -0.15) is 0 Å². The third-order valence-electron chi connectivity index (χ3n) is 1.79. The standard InChI is InChI=1S/C10H17N3O/c1-10(2,14)7-13(3)9-5-4-8(11)6-12-9/h4-6,14H,7,11H2,1-3H3. The zero-order chi connectivity index (χ0) is 10.8. The van der Waals surface area contributed by atoms with Crippen LogP contribution in [0.25, 0.3) is 0 Å². The molecule has 0 radical (unpaired) electrons. The molecule has 0 spiro atoms. The Morgan fingerprint density at radius 2 is 2.14 bits per heavy atom. The second kappa shape index (κ2) is 3.84. The van der Waals surface area contributed by atoms with Gasteiger partial charge in [0.05, 0.1) is 17.5 Å². The fourth-order valence-corrected chi connectivity index (χ4v) is 1.28. The Balaban J connectivity index is 2.70. The van der Waals surface area contributed by atoms with Crippen molar-refractivity contribution in [1.82, 2.24) is 4.98 Å². The monoisotopic (exact) mass is 195 g/mol. The Kier molecular flexibility index (Phi) is 2.96. The van der Waals surface area contributed by atoms with Gasteiger partial charge >= 0.3 is 0 Å². The largest absolute Gasteiger partial charge is 0.397 e. The van der Waals surface area contributed by atoms with Crippen molar-refractivity contribution in [3.05, 3.63) is 18.3 Å². The van der Waals surface area contributed by atoms with Gasteiger partial charge in [0.15, 0.2) is 0 Å². The van der Waals surface area contributed by atoms with E-state index in [0.717, 1.165) is 5.82 Å². The van der Waals surface area contributed by atoms with Gasteiger partial charge in [0.2, 0.25) is 0 Å². The molecule has 0 saturated heterocycles. The van der Waals surface area contributed by atoms with Gasteiger partial charge in [-0.05, 0) is 26.0 Å². The number of anilines is 2. The Bertz CT molecular complexity index is 289. The molecule has 0 aliphatic carbocycles. The summed E-state index contributed by atoms with van der Waals surface area (Å²) in [6, 6.07) is 3.63. The van der Waals surface area contributed by atoms with Crippen LogP contribution < -0.4 is 10.6 Å². The minimum atomic E-state index is -0.724. The number of aliphatic hydroxyl groups is 1. The van der Waals surface area contributed by atoms with Crippen LogP contribution in [-0.4, -0.2) is 29.3 Å². The molecule has 0 amide bonds. The first-order chi connectivity index (χ1) is 6.38. The molecule has 3 N–H and O–H groups in total. The van der Waals surface area contributed by atoms with Gasteiger partial charge in [-0.15, -0.1) is 0 Å². The molecule has 0 aromatic carbocycles. The molecule has 0 bridgehead atoms. The quantitative estimate of drug-likeness (QED) is 0.751. The molecular formula is C10H17N3O. The summed E-state index contributed by atoms with van der Waals surface area (Å²) in [7, 11) is 1.89. The molecule has 1 aromatic heterocycles. The van der Waals surface area contributed by atoms with E-state index < -0.39 is 5.60 Å². The molecule has 0 aliphatic heterocycles. The lowest BCUT2D eigenvalue weighted by molar-refractivity contribution is 0.0884. The SMILES string of the molecule is CN(CC(C)(C)O)c1ccc(N)cn1. The Labute approximate surface area is 84.4 Å². The van der Waals surface area contributed by atoms with E-state index in [2.05, 4.69) is 4.98 Å². The van der Waals surface area contributed by atoms with Crippen LogP contribution in [0.4, 0.5) is 11.5 Å². The highest BCUT2D eigenvalue weighted by molar-refractivity contribution is 5.45. The predicted octanol–water partition coefficient (Wildman–Crippen LogP) is 0.871. The van der Waals surface area contributed by atoms with Crippen LogP contribution in [0.1, 0.15) is 13.8 Å². The molecule has 78 valence electrons. The molecule has 1 rings (SSSR count). The molecule has 0 saturated carbocycles. The Morgan fingerprint density at radius 3 is 2.57 bits per heavy atom. The van der Waals surface area contributed by atoms with Crippen LogP contribution in [0, 0.1) is 0 Å². The summed E-state index contributed by atoms with van der Waals surface area (Å²) in [5.41, 5.74) is 5.44. The average molecular weight is 195 g/mol. The van der Waals surface area contributed by atoms with Gasteiger partial charge in [-0.3, -0.25) is 0 Å². The summed E-state index contributed by atoms with van der Waals surface area (Å²) in [6.45, 7) is 4.06. The van der Waals surface area contributed by atoms with E-state index in [1.807, 2.05) is 18.0 Å². The van der Waals surface area contributed by atoms with Crippen molar-refractivity contribution in [3.63, 3.8) is 0 Å². The summed E-state index contributed by atoms with van der Waals surface area (Å²) < 4.78 is 0. The molecule has 0 aliphatic rings. The van der Waals surface area contributed by atoms with Crippen LogP contribution >= 0.6 is 0 Å². The number of pyridine rings is 1. The number of hydrogen-bond acceptors (Lipinski definition) is 4. The van der Waals surface area contributed by atoms with Gasteiger partial charge in [-0.25, -0.2) is 4.98 Å². The summed E-state index contributed by atoms with van der Waals surface area (Å²) in [6.07, 6.45) is 1.61. The van der Waals surface area contributed by atoms with Gasteiger partial charge in [0.25, 0.3) is 0 Å². The van der Waals surface area contributed by atoms with E-state index in [9.17, 15) is 5.11 Å². The van der Waals surface area contributed by atoms with E-state index in [-0.39, 0.29) is 0 Å². The van der Waals surface area contributed by atoms with Crippen molar-refractivity contribution < 1.29 is 5.11 Å². The average Bonchev–Trinajstić information content (AvgIpc) is 2.02. The summed E-state index contributed by atoms with van der Waals surface area (Å²) in [5.74, 6) is 0.807. The number of nitrogens with zero attached hydrogens (tertiary/aromatic N) is 2. The lowest BCUT2D eigenvalue weighted by Gasteiger charge is -2.26. The van der Waals surface area contributed by atoms with Crippen molar-refractivity contribution in [2.75, 3.05) is 24.2 Å². The highest BCUT2D eigenvalue weighted by Crippen LogP contribution is 2.13. The van der Waals surface area contributed by atoms with Crippen molar-refractivity contribution >= 4 is 11.5 Å². The zero-order valence-corrected chi connectivity index (χ0v) is 8.86. The van der Waals surface area contributed by atoms with Crippen molar-refractivity contribution in [2.45, 2.75) is 19.4 Å². The first kappa shape index (κ1) is 10.8. The molecule has 4 nitrogen and oxygen atoms in total. The maximum absolute atomic E-state index is 9.61. The normalized spacial score (nSPS) is 11.4. The third kappa shape index (κ3) is 3.22. The minimum Gasteiger partial charge on any atom is -0.397 e. The second-order valence-corrected chi connectivity index (χ2v) is 4.12. The van der Waals surface area contributed by atoms with E-state index >= 15 is 0 Å². The van der Waals surface area contributed by atoms with Gasteiger partial charge in [-0.1, -0.05) is 0 Å². The molecule has 1 aromatic rings. The first-order valence-electron chi connectivity index (χ1n) is 4.53. The van der Waals surface area contributed by atoms with Gasteiger partial charge in [0, 0.05) is 13.6 Å². The fraction of sp³-hybridized carbons (Fsp3) is 0.500. The zero-order valence-electron chi connectivity index (χ0n) is 8.86. The molecule has 4 heteroatoms. The number of likely N-dealkylation sites (N-methyl/N-ethyl adjacent to an activating group) is 1. The molecule has 1 heterocycles. The molecular weight excluding hydrogens is 178 g/mol. The number of aromatic nitrogens is 1. The Morgan fingerprint density at radius 1 is 1.50 bits per heavy atom. The van der Waals surface area contributed by atoms with Crippen LogP contribution in [0.2, 0.25) is 0 Å². The second-order valence-electron chi connectivity index (χ2n) is 4.12. The fourth-order valence-electron chi connectivity index (χ4n) is 1.28.